The predicted octanol–water partition coefficient (Wildman–Crippen LogP) is 1.78. The first-order chi connectivity index (χ1) is 13.7. The fourth-order valence-electron chi connectivity index (χ4n) is 4.08. The molecule has 0 radical (unpaired) electrons. The first kappa shape index (κ1) is 17.8. The summed E-state index contributed by atoms with van der Waals surface area (Å²) < 4.78 is 16.5. The second-order valence-corrected chi connectivity index (χ2v) is 8.18. The van der Waals surface area contributed by atoms with Gasteiger partial charge in [-0.3, -0.25) is 4.79 Å². The smallest absolute Gasteiger partial charge is 0.230 e. The minimum Gasteiger partial charge on any atom is -0.442 e. The van der Waals surface area contributed by atoms with Gasteiger partial charge in [0.15, 0.2) is 10.9 Å². The molecule has 2 aromatic heterocycles. The number of anilines is 2. The van der Waals surface area contributed by atoms with E-state index in [2.05, 4.69) is 25.2 Å². The Bertz CT molecular complexity index is 844. The summed E-state index contributed by atoms with van der Waals surface area (Å²) in [5, 5.41) is 4.00. The molecule has 4 aliphatic rings. The van der Waals surface area contributed by atoms with Gasteiger partial charge in [-0.2, -0.15) is 0 Å². The van der Waals surface area contributed by atoms with E-state index in [9.17, 15) is 4.79 Å². The lowest BCUT2D eigenvalue weighted by Gasteiger charge is -2.62. The van der Waals surface area contributed by atoms with Crippen LogP contribution in [0.3, 0.4) is 0 Å². The van der Waals surface area contributed by atoms with E-state index in [1.807, 2.05) is 0 Å². The zero-order valence-corrected chi connectivity index (χ0v) is 16.2. The molecule has 1 aliphatic heterocycles. The highest BCUT2D eigenvalue weighted by Crippen LogP contribution is 2.60. The highest BCUT2D eigenvalue weighted by atomic mass is 32.1. The van der Waals surface area contributed by atoms with E-state index in [0.717, 1.165) is 19.5 Å². The molecule has 1 N–H and O–H groups in total. The number of nitrogens with one attached hydrogen (secondary N) is 1. The zero-order valence-electron chi connectivity index (χ0n) is 15.4. The molecule has 0 spiro atoms. The summed E-state index contributed by atoms with van der Waals surface area (Å²) in [5.41, 5.74) is 0. The number of carbonyl (C=O) groups excluding carboxylic acids is 1. The van der Waals surface area contributed by atoms with Gasteiger partial charge in [-0.25, -0.2) is 15.0 Å². The first-order valence-electron chi connectivity index (χ1n) is 9.35. The van der Waals surface area contributed by atoms with Crippen LogP contribution in [0.4, 0.5) is 11.1 Å². The van der Waals surface area contributed by atoms with Crippen molar-refractivity contribution in [2.45, 2.75) is 12.5 Å². The van der Waals surface area contributed by atoms with Crippen molar-refractivity contribution in [3.63, 3.8) is 0 Å². The fraction of sp³-hybridized carbons (Fsp3) is 0.556. The molecule has 2 atom stereocenters. The van der Waals surface area contributed by atoms with Crippen LogP contribution in [0.25, 0.3) is 0 Å². The van der Waals surface area contributed by atoms with Gasteiger partial charge in [-0.1, -0.05) is 11.3 Å². The summed E-state index contributed by atoms with van der Waals surface area (Å²) >= 11 is 1.28. The Morgan fingerprint density at radius 2 is 1.96 bits per heavy atom. The van der Waals surface area contributed by atoms with E-state index in [1.165, 1.54) is 11.3 Å². The van der Waals surface area contributed by atoms with Crippen LogP contribution in [-0.4, -0.2) is 60.4 Å². The second kappa shape index (κ2) is 7.26. The number of aromatic nitrogens is 3. The van der Waals surface area contributed by atoms with Gasteiger partial charge in [0.25, 0.3) is 0 Å². The lowest BCUT2D eigenvalue weighted by Crippen LogP contribution is -2.67. The third-order valence-electron chi connectivity index (χ3n) is 5.73. The Labute approximate surface area is 166 Å². The summed E-state index contributed by atoms with van der Waals surface area (Å²) in [6, 6.07) is 0. The summed E-state index contributed by atoms with van der Waals surface area (Å²) in [6.07, 6.45) is 6.22. The number of hydrogen-bond acceptors (Lipinski definition) is 9. The highest BCUT2D eigenvalue weighted by Gasteiger charge is 2.64. The Kier molecular flexibility index (Phi) is 4.61. The van der Waals surface area contributed by atoms with Crippen molar-refractivity contribution in [2.24, 2.45) is 17.8 Å². The van der Waals surface area contributed by atoms with Gasteiger partial charge in [0.05, 0.1) is 37.9 Å². The van der Waals surface area contributed by atoms with Crippen molar-refractivity contribution in [2.75, 3.05) is 43.6 Å². The van der Waals surface area contributed by atoms with Crippen LogP contribution in [0.2, 0.25) is 0 Å². The minimum atomic E-state index is 0.0219. The number of ether oxygens (including phenoxy) is 3. The van der Waals surface area contributed by atoms with Crippen LogP contribution in [0.15, 0.2) is 18.6 Å². The van der Waals surface area contributed by atoms with Crippen molar-refractivity contribution >= 4 is 28.3 Å². The molecule has 6 rings (SSSR count). The maximum Gasteiger partial charge on any atom is 0.230 e. The monoisotopic (exact) mass is 403 g/mol. The Morgan fingerprint density at radius 3 is 2.64 bits per heavy atom. The fourth-order valence-corrected chi connectivity index (χ4v) is 4.77. The molecule has 28 heavy (non-hydrogen) atoms. The lowest BCUT2D eigenvalue weighted by molar-refractivity contribution is -0.220. The molecule has 3 saturated carbocycles. The third-order valence-corrected chi connectivity index (χ3v) is 6.52. The van der Waals surface area contributed by atoms with E-state index < -0.39 is 0 Å². The number of thiazole rings is 1. The average Bonchev–Trinajstić information content (AvgIpc) is 3.08. The van der Waals surface area contributed by atoms with Gasteiger partial charge in [0.2, 0.25) is 16.9 Å². The molecular weight excluding hydrogens is 382 g/mol. The largest absolute Gasteiger partial charge is 0.442 e. The van der Waals surface area contributed by atoms with Crippen molar-refractivity contribution in [1.82, 2.24) is 15.0 Å². The van der Waals surface area contributed by atoms with Gasteiger partial charge in [-0.05, 0) is 18.3 Å². The van der Waals surface area contributed by atoms with Gasteiger partial charge in [0.1, 0.15) is 0 Å². The maximum atomic E-state index is 12.4. The maximum absolute atomic E-state index is 12.4. The molecule has 2 bridgehead atoms. The number of hydrogen-bond donors (Lipinski definition) is 1. The van der Waals surface area contributed by atoms with Gasteiger partial charge in [-0.15, -0.1) is 0 Å². The standard InChI is InChI=1S/C18H21N5O4S/c1-25-15-11-6-12(15)14(11)16(24)22-18-21-9-13(28-18)27-10-7-19-17(20-8-10)23-2-4-26-5-3-23/h7-9,11-12,14-15H,2-6H2,1H3,(H,21,22,24). The van der Waals surface area contributed by atoms with Crippen LogP contribution < -0.4 is 15.0 Å². The Balaban J connectivity index is 1.16. The molecular formula is C18H21N5O4S. The van der Waals surface area contributed by atoms with E-state index in [1.54, 1.807) is 25.7 Å². The molecule has 1 amide bonds. The third kappa shape index (κ3) is 3.11. The van der Waals surface area contributed by atoms with Crippen molar-refractivity contribution in [3.05, 3.63) is 18.6 Å². The molecule has 3 aliphatic carbocycles. The molecule has 4 fully saturated rings. The van der Waals surface area contributed by atoms with Gasteiger partial charge >= 0.3 is 0 Å². The van der Waals surface area contributed by atoms with Crippen molar-refractivity contribution in [3.8, 4) is 10.8 Å². The molecule has 10 heteroatoms. The Morgan fingerprint density at radius 1 is 1.21 bits per heavy atom. The number of carbonyl (C=O) groups is 1. The molecule has 3 heterocycles. The van der Waals surface area contributed by atoms with Gasteiger partial charge < -0.3 is 24.4 Å². The molecule has 148 valence electrons. The number of amides is 1. The van der Waals surface area contributed by atoms with E-state index in [0.29, 0.717) is 46.9 Å². The molecule has 9 nitrogen and oxygen atoms in total. The lowest BCUT2D eigenvalue weighted by atomic mass is 9.45. The van der Waals surface area contributed by atoms with Crippen molar-refractivity contribution in [1.29, 1.82) is 0 Å². The quantitative estimate of drug-likeness (QED) is 0.779. The van der Waals surface area contributed by atoms with E-state index in [4.69, 9.17) is 14.2 Å². The van der Waals surface area contributed by atoms with E-state index in [-0.39, 0.29) is 17.9 Å². The van der Waals surface area contributed by atoms with Crippen LogP contribution in [0.5, 0.6) is 10.8 Å². The van der Waals surface area contributed by atoms with Crippen LogP contribution in [0, 0.1) is 17.8 Å². The van der Waals surface area contributed by atoms with Crippen LogP contribution >= 0.6 is 11.3 Å². The second-order valence-electron chi connectivity index (χ2n) is 7.18. The van der Waals surface area contributed by atoms with Gasteiger partial charge in [0, 0.05) is 26.1 Å². The summed E-state index contributed by atoms with van der Waals surface area (Å²) in [6.45, 7) is 2.94. The molecule has 2 aromatic rings. The molecule has 1 saturated heterocycles. The number of rotatable bonds is 6. The number of nitrogens with zero attached hydrogens (tertiary/aromatic N) is 4. The SMILES string of the molecule is COC1C2CC1C2C(=O)Nc1ncc(Oc2cnc(N3CCOCC3)nc2)s1. The minimum absolute atomic E-state index is 0.0219. The van der Waals surface area contributed by atoms with Crippen LogP contribution in [0.1, 0.15) is 6.42 Å². The number of methoxy groups -OCH3 is 1. The highest BCUT2D eigenvalue weighted by molar-refractivity contribution is 7.17. The molecule has 2 unspecified atom stereocenters. The summed E-state index contributed by atoms with van der Waals surface area (Å²) in [4.78, 5) is 27.4. The average molecular weight is 403 g/mol. The summed E-state index contributed by atoms with van der Waals surface area (Å²) in [5.74, 6) is 1.98. The normalized spacial score (nSPS) is 28.2. The van der Waals surface area contributed by atoms with E-state index >= 15 is 0 Å². The predicted molar refractivity (Wildman–Crippen MR) is 102 cm³/mol. The van der Waals surface area contributed by atoms with Crippen LogP contribution in [-0.2, 0) is 14.3 Å². The first-order valence-corrected chi connectivity index (χ1v) is 10.2. The summed E-state index contributed by atoms with van der Waals surface area (Å²) in [7, 11) is 1.71. The van der Waals surface area contributed by atoms with Crippen molar-refractivity contribution < 1.29 is 19.0 Å². The Hall–Kier alpha value is -2.30. The topological polar surface area (TPSA) is 98.7 Å². The molecule has 0 aromatic carbocycles. The number of morpholine rings is 1. The zero-order chi connectivity index (χ0) is 19.1.